The van der Waals surface area contributed by atoms with Crippen LogP contribution in [0, 0.1) is 0 Å². The Morgan fingerprint density at radius 2 is 1.91 bits per heavy atom. The zero-order chi connectivity index (χ0) is 8.32. The molecule has 11 heavy (non-hydrogen) atoms. The van der Waals surface area contributed by atoms with Crippen LogP contribution >= 0.6 is 0 Å². The Morgan fingerprint density at radius 3 is 2.18 bits per heavy atom. The second-order valence-corrected chi connectivity index (χ2v) is 3.04. The summed E-state index contributed by atoms with van der Waals surface area (Å²) in [7, 11) is 0. The smallest absolute Gasteiger partial charge is 0.0994 e. The highest BCUT2D eigenvalue weighted by Crippen LogP contribution is 2.28. The molecule has 1 rings (SSSR count). The predicted molar refractivity (Wildman–Crippen MR) is 46.3 cm³/mol. The van der Waals surface area contributed by atoms with Crippen LogP contribution < -0.4 is 5.73 Å². The summed E-state index contributed by atoms with van der Waals surface area (Å²) in [6.45, 7) is 8.13. The summed E-state index contributed by atoms with van der Waals surface area (Å²) in [5, 5.41) is 0. The largest absolute Gasteiger partial charge is 0.371 e. The zero-order valence-corrected chi connectivity index (χ0v) is 6.75. The van der Waals surface area contributed by atoms with E-state index in [-0.39, 0.29) is 11.6 Å². The minimum atomic E-state index is -0.247. The van der Waals surface area contributed by atoms with Crippen molar-refractivity contribution in [2.75, 3.05) is 6.61 Å². The van der Waals surface area contributed by atoms with Crippen LogP contribution in [0.15, 0.2) is 25.3 Å². The second kappa shape index (κ2) is 3.20. The van der Waals surface area contributed by atoms with E-state index in [1.54, 1.807) is 0 Å². The molecule has 1 aliphatic heterocycles. The van der Waals surface area contributed by atoms with E-state index in [1.165, 1.54) is 0 Å². The number of epoxide rings is 1. The molecule has 0 spiro atoms. The Kier molecular flexibility index (Phi) is 2.47. The zero-order valence-electron chi connectivity index (χ0n) is 6.75. The molecule has 1 atom stereocenters. The van der Waals surface area contributed by atoms with E-state index in [9.17, 15) is 0 Å². The lowest BCUT2D eigenvalue weighted by Gasteiger charge is -2.24. The first-order valence-electron chi connectivity index (χ1n) is 3.85. The van der Waals surface area contributed by atoms with Crippen molar-refractivity contribution in [3.05, 3.63) is 25.3 Å². The molecule has 1 unspecified atom stereocenters. The van der Waals surface area contributed by atoms with Gasteiger partial charge < -0.3 is 10.5 Å². The maximum absolute atomic E-state index is 6.06. The molecule has 0 aromatic rings. The van der Waals surface area contributed by atoms with E-state index < -0.39 is 0 Å². The van der Waals surface area contributed by atoms with Gasteiger partial charge in [0.05, 0.1) is 18.2 Å². The molecule has 0 saturated carbocycles. The third kappa shape index (κ3) is 1.91. The third-order valence-electron chi connectivity index (χ3n) is 2.02. The molecule has 0 aromatic heterocycles. The minimum absolute atomic E-state index is 0.221. The number of hydrogen-bond acceptors (Lipinski definition) is 2. The van der Waals surface area contributed by atoms with Crippen molar-refractivity contribution in [2.45, 2.75) is 24.5 Å². The van der Waals surface area contributed by atoms with Crippen LogP contribution in [0.1, 0.15) is 12.8 Å². The molecule has 2 heteroatoms. The fourth-order valence-electron chi connectivity index (χ4n) is 1.26. The van der Waals surface area contributed by atoms with Crippen molar-refractivity contribution < 1.29 is 4.74 Å². The first-order chi connectivity index (χ1) is 5.23. The van der Waals surface area contributed by atoms with E-state index in [2.05, 4.69) is 13.2 Å². The Hall–Kier alpha value is -0.600. The molecule has 62 valence electrons. The van der Waals surface area contributed by atoms with Crippen LogP contribution in [0.3, 0.4) is 0 Å². The minimum Gasteiger partial charge on any atom is -0.371 e. The summed E-state index contributed by atoms with van der Waals surface area (Å²) in [4.78, 5) is 0. The average molecular weight is 153 g/mol. The Morgan fingerprint density at radius 1 is 1.45 bits per heavy atom. The van der Waals surface area contributed by atoms with Gasteiger partial charge in [-0.2, -0.15) is 0 Å². The quantitative estimate of drug-likeness (QED) is 0.476. The lowest BCUT2D eigenvalue weighted by atomic mass is 9.89. The first kappa shape index (κ1) is 8.50. The molecule has 0 aromatic carbocycles. The summed E-state index contributed by atoms with van der Waals surface area (Å²) in [5.41, 5.74) is 5.81. The molecule has 1 saturated heterocycles. The Balaban J connectivity index is 2.51. The van der Waals surface area contributed by atoms with Gasteiger partial charge in [0, 0.05) is 0 Å². The van der Waals surface area contributed by atoms with Gasteiger partial charge in [0.1, 0.15) is 0 Å². The van der Waals surface area contributed by atoms with Crippen LogP contribution in [0.2, 0.25) is 0 Å². The van der Waals surface area contributed by atoms with E-state index in [0.717, 1.165) is 19.4 Å². The topological polar surface area (TPSA) is 38.5 Å². The number of hydrogen-bond donors (Lipinski definition) is 1. The summed E-state index contributed by atoms with van der Waals surface area (Å²) in [5.74, 6) is 0. The summed E-state index contributed by atoms with van der Waals surface area (Å²) in [6, 6.07) is 0. The van der Waals surface area contributed by atoms with Crippen molar-refractivity contribution >= 4 is 0 Å². The van der Waals surface area contributed by atoms with E-state index in [0.29, 0.717) is 0 Å². The molecule has 0 bridgehead atoms. The Labute approximate surface area is 67.7 Å². The normalized spacial score (nSPS) is 22.8. The van der Waals surface area contributed by atoms with Crippen LogP contribution in [0.25, 0.3) is 0 Å². The molecular formula is C9H15NO. The Bertz CT molecular complexity index is 151. The monoisotopic (exact) mass is 153 g/mol. The van der Waals surface area contributed by atoms with Gasteiger partial charge in [-0.05, 0) is 12.8 Å². The third-order valence-corrected chi connectivity index (χ3v) is 2.02. The van der Waals surface area contributed by atoms with Crippen molar-refractivity contribution in [1.29, 1.82) is 0 Å². The highest BCUT2D eigenvalue weighted by atomic mass is 16.6. The maximum Gasteiger partial charge on any atom is 0.0994 e. The van der Waals surface area contributed by atoms with Gasteiger partial charge >= 0.3 is 0 Å². The van der Waals surface area contributed by atoms with Crippen LogP contribution in [-0.2, 0) is 4.74 Å². The summed E-state index contributed by atoms with van der Waals surface area (Å²) < 4.78 is 5.16. The molecule has 1 fully saturated rings. The van der Waals surface area contributed by atoms with Crippen LogP contribution in [0.4, 0.5) is 0 Å². The second-order valence-electron chi connectivity index (χ2n) is 3.04. The molecular weight excluding hydrogens is 138 g/mol. The van der Waals surface area contributed by atoms with E-state index in [1.807, 2.05) is 12.2 Å². The predicted octanol–water partition coefficient (Wildman–Crippen LogP) is 1.23. The van der Waals surface area contributed by atoms with Crippen molar-refractivity contribution in [3.8, 4) is 0 Å². The summed E-state index contributed by atoms with van der Waals surface area (Å²) >= 11 is 0. The van der Waals surface area contributed by atoms with Crippen LogP contribution in [-0.4, -0.2) is 18.2 Å². The van der Waals surface area contributed by atoms with Gasteiger partial charge in [0.15, 0.2) is 0 Å². The summed E-state index contributed by atoms with van der Waals surface area (Å²) in [6.07, 6.45) is 5.49. The highest BCUT2D eigenvalue weighted by molar-refractivity contribution is 5.05. The van der Waals surface area contributed by atoms with Gasteiger partial charge in [-0.25, -0.2) is 0 Å². The van der Waals surface area contributed by atoms with E-state index >= 15 is 0 Å². The SMILES string of the molecule is C=CCC(N)(CC=C)C1CO1. The molecule has 0 amide bonds. The molecule has 2 nitrogen and oxygen atoms in total. The van der Waals surface area contributed by atoms with Gasteiger partial charge in [0.2, 0.25) is 0 Å². The van der Waals surface area contributed by atoms with E-state index in [4.69, 9.17) is 10.5 Å². The highest BCUT2D eigenvalue weighted by Gasteiger charge is 2.41. The first-order valence-corrected chi connectivity index (χ1v) is 3.85. The molecule has 2 N–H and O–H groups in total. The molecule has 1 aliphatic rings. The fourth-order valence-corrected chi connectivity index (χ4v) is 1.26. The fraction of sp³-hybridized carbons (Fsp3) is 0.556. The maximum atomic E-state index is 6.06. The number of rotatable bonds is 5. The van der Waals surface area contributed by atoms with Crippen molar-refractivity contribution in [1.82, 2.24) is 0 Å². The molecule has 0 radical (unpaired) electrons. The average Bonchev–Trinajstić information content (AvgIpc) is 2.68. The lowest BCUT2D eigenvalue weighted by Crippen LogP contribution is -2.44. The molecule has 1 heterocycles. The van der Waals surface area contributed by atoms with Crippen molar-refractivity contribution in [2.24, 2.45) is 5.73 Å². The van der Waals surface area contributed by atoms with Gasteiger partial charge in [-0.15, -0.1) is 13.2 Å². The van der Waals surface area contributed by atoms with Crippen molar-refractivity contribution in [3.63, 3.8) is 0 Å². The number of nitrogens with two attached hydrogens (primary N) is 1. The lowest BCUT2D eigenvalue weighted by molar-refractivity contribution is 0.288. The molecule has 0 aliphatic carbocycles. The van der Waals surface area contributed by atoms with Gasteiger partial charge in [-0.3, -0.25) is 0 Å². The van der Waals surface area contributed by atoms with Gasteiger partial charge in [0.25, 0.3) is 0 Å². The standard InChI is InChI=1S/C9H15NO/c1-3-5-9(10,6-4-2)8-7-11-8/h3-4,8H,1-2,5-7,10H2. The number of ether oxygens (including phenoxy) is 1. The van der Waals surface area contributed by atoms with Crippen LogP contribution in [0.5, 0.6) is 0 Å². The van der Waals surface area contributed by atoms with Gasteiger partial charge in [-0.1, -0.05) is 12.2 Å².